The van der Waals surface area contributed by atoms with Crippen LogP contribution in [0.3, 0.4) is 0 Å². The summed E-state index contributed by atoms with van der Waals surface area (Å²) in [6.45, 7) is 0.582. The third kappa shape index (κ3) is 2.19. The van der Waals surface area contributed by atoms with Crippen LogP contribution in [-0.2, 0) is 6.54 Å². The molecule has 7 heteroatoms. The van der Waals surface area contributed by atoms with Crippen molar-refractivity contribution in [1.29, 1.82) is 0 Å². The number of oxazole rings is 1. The summed E-state index contributed by atoms with van der Waals surface area (Å²) in [5.41, 5.74) is 1.85. The van der Waals surface area contributed by atoms with E-state index in [9.17, 15) is 0 Å². The lowest BCUT2D eigenvalue weighted by atomic mass is 10.2. The first-order chi connectivity index (χ1) is 8.92. The fourth-order valence-corrected chi connectivity index (χ4v) is 1.56. The van der Waals surface area contributed by atoms with Crippen LogP contribution in [0.2, 0.25) is 0 Å². The van der Waals surface area contributed by atoms with E-state index in [1.165, 1.54) is 6.39 Å². The molecule has 0 aliphatic rings. The number of nitrogens with one attached hydrogen (secondary N) is 1. The van der Waals surface area contributed by atoms with Gasteiger partial charge in [0.2, 0.25) is 0 Å². The fraction of sp³-hybridized carbons (Fsp3) is 0.0909. The van der Waals surface area contributed by atoms with Crippen LogP contribution in [0.1, 0.15) is 5.76 Å². The Morgan fingerprint density at radius 2 is 2.33 bits per heavy atom. The molecule has 1 N–H and O–H groups in total. The number of anilines is 1. The van der Waals surface area contributed by atoms with Crippen LogP contribution in [0.25, 0.3) is 5.69 Å². The molecule has 0 fully saturated rings. The molecule has 3 rings (SSSR count). The first-order valence-electron chi connectivity index (χ1n) is 5.36. The summed E-state index contributed by atoms with van der Waals surface area (Å²) < 4.78 is 6.74. The van der Waals surface area contributed by atoms with Crippen LogP contribution in [0.15, 0.2) is 47.6 Å². The van der Waals surface area contributed by atoms with Crippen LogP contribution in [0, 0.1) is 0 Å². The van der Waals surface area contributed by atoms with Crippen molar-refractivity contribution in [3.8, 4) is 5.69 Å². The van der Waals surface area contributed by atoms with E-state index < -0.39 is 0 Å². The Hall–Kier alpha value is -2.70. The summed E-state index contributed by atoms with van der Waals surface area (Å²) in [6.07, 6.45) is 4.64. The van der Waals surface area contributed by atoms with Gasteiger partial charge in [-0.1, -0.05) is 6.07 Å². The Bertz CT molecular complexity index is 604. The second-order valence-electron chi connectivity index (χ2n) is 3.63. The van der Waals surface area contributed by atoms with Crippen molar-refractivity contribution in [2.45, 2.75) is 6.54 Å². The highest BCUT2D eigenvalue weighted by atomic mass is 16.3. The molecule has 3 aromatic rings. The van der Waals surface area contributed by atoms with Gasteiger partial charge < -0.3 is 9.73 Å². The maximum Gasteiger partial charge on any atom is 0.180 e. The zero-order valence-corrected chi connectivity index (χ0v) is 9.39. The molecule has 0 aliphatic carbocycles. The van der Waals surface area contributed by atoms with Crippen molar-refractivity contribution in [2.75, 3.05) is 5.32 Å². The van der Waals surface area contributed by atoms with Crippen LogP contribution in [0.4, 0.5) is 5.69 Å². The Labute approximate surface area is 102 Å². The van der Waals surface area contributed by atoms with Gasteiger partial charge in [-0.3, -0.25) is 0 Å². The molecule has 0 bridgehead atoms. The summed E-state index contributed by atoms with van der Waals surface area (Å²) in [5, 5.41) is 14.3. The Balaban J connectivity index is 1.75. The number of hydrogen-bond donors (Lipinski definition) is 1. The summed E-state index contributed by atoms with van der Waals surface area (Å²) in [6, 6.07) is 7.77. The monoisotopic (exact) mass is 242 g/mol. The van der Waals surface area contributed by atoms with Crippen molar-refractivity contribution in [2.24, 2.45) is 0 Å². The largest absolute Gasteiger partial charge is 0.447 e. The molecule has 0 amide bonds. The molecule has 2 aromatic heterocycles. The molecule has 1 aromatic carbocycles. The van der Waals surface area contributed by atoms with Crippen molar-refractivity contribution < 1.29 is 4.42 Å². The predicted molar refractivity (Wildman–Crippen MR) is 63.0 cm³/mol. The van der Waals surface area contributed by atoms with Gasteiger partial charge in [-0.15, -0.1) is 5.10 Å². The average molecular weight is 242 g/mol. The number of nitrogens with zero attached hydrogens (tertiary/aromatic N) is 5. The zero-order valence-electron chi connectivity index (χ0n) is 9.39. The Morgan fingerprint density at radius 1 is 1.33 bits per heavy atom. The molecule has 2 heterocycles. The van der Waals surface area contributed by atoms with E-state index in [1.54, 1.807) is 17.2 Å². The molecular formula is C11H10N6O. The molecule has 0 saturated heterocycles. The molecular weight excluding hydrogens is 232 g/mol. The highest BCUT2D eigenvalue weighted by Crippen LogP contribution is 2.14. The topological polar surface area (TPSA) is 81.7 Å². The molecule has 0 saturated carbocycles. The standard InChI is InChI=1S/C11H10N6O/c1-2-9(13-6-11-5-12-8-18-11)4-10(3-1)17-7-14-15-16-17/h1-5,7-8,13H,6H2. The van der Waals surface area contributed by atoms with Gasteiger partial charge in [0.1, 0.15) is 12.1 Å². The molecule has 18 heavy (non-hydrogen) atoms. The average Bonchev–Trinajstić information content (AvgIpc) is 3.10. The van der Waals surface area contributed by atoms with Gasteiger partial charge >= 0.3 is 0 Å². The summed E-state index contributed by atoms with van der Waals surface area (Å²) >= 11 is 0. The number of benzene rings is 1. The summed E-state index contributed by atoms with van der Waals surface area (Å²) in [4.78, 5) is 3.86. The Kier molecular flexibility index (Phi) is 2.71. The quantitative estimate of drug-likeness (QED) is 0.741. The molecule has 0 radical (unpaired) electrons. The summed E-state index contributed by atoms with van der Waals surface area (Å²) in [5.74, 6) is 0.780. The van der Waals surface area contributed by atoms with Gasteiger partial charge in [-0.2, -0.15) is 0 Å². The van der Waals surface area contributed by atoms with Crippen LogP contribution in [0.5, 0.6) is 0 Å². The molecule has 7 nitrogen and oxygen atoms in total. The van der Waals surface area contributed by atoms with E-state index in [1.807, 2.05) is 24.3 Å². The first-order valence-corrected chi connectivity index (χ1v) is 5.36. The molecule has 0 unspecified atom stereocenters. The fourth-order valence-electron chi connectivity index (χ4n) is 1.56. The van der Waals surface area contributed by atoms with Gasteiger partial charge in [-0.25, -0.2) is 9.67 Å². The van der Waals surface area contributed by atoms with Crippen LogP contribution < -0.4 is 5.32 Å². The summed E-state index contributed by atoms with van der Waals surface area (Å²) in [7, 11) is 0. The van der Waals surface area contributed by atoms with Crippen molar-refractivity contribution in [3.05, 3.63) is 48.9 Å². The van der Waals surface area contributed by atoms with E-state index in [0.717, 1.165) is 17.1 Å². The van der Waals surface area contributed by atoms with Crippen molar-refractivity contribution >= 4 is 5.69 Å². The minimum absolute atomic E-state index is 0.582. The van der Waals surface area contributed by atoms with E-state index in [2.05, 4.69) is 25.8 Å². The van der Waals surface area contributed by atoms with Crippen molar-refractivity contribution in [1.82, 2.24) is 25.2 Å². The maximum absolute atomic E-state index is 5.15. The highest BCUT2D eigenvalue weighted by Gasteiger charge is 2.00. The third-order valence-corrected chi connectivity index (χ3v) is 2.41. The lowest BCUT2D eigenvalue weighted by molar-refractivity contribution is 0.512. The number of tetrazole rings is 1. The molecule has 90 valence electrons. The van der Waals surface area contributed by atoms with E-state index in [0.29, 0.717) is 6.54 Å². The molecule has 0 spiro atoms. The SMILES string of the molecule is c1cc(NCc2cnco2)cc(-n2cnnn2)c1. The molecule has 0 atom stereocenters. The Morgan fingerprint density at radius 3 is 3.11 bits per heavy atom. The predicted octanol–water partition coefficient (Wildman–Crippen LogP) is 1.26. The zero-order chi connectivity index (χ0) is 12.2. The number of hydrogen-bond acceptors (Lipinski definition) is 6. The maximum atomic E-state index is 5.15. The second kappa shape index (κ2) is 4.66. The van der Waals surface area contributed by atoms with E-state index in [4.69, 9.17) is 4.42 Å². The number of aromatic nitrogens is 5. The number of rotatable bonds is 4. The first kappa shape index (κ1) is 10.5. The van der Waals surface area contributed by atoms with Crippen molar-refractivity contribution in [3.63, 3.8) is 0 Å². The lowest BCUT2D eigenvalue weighted by Gasteiger charge is -2.06. The lowest BCUT2D eigenvalue weighted by Crippen LogP contribution is -2.00. The highest BCUT2D eigenvalue weighted by molar-refractivity contribution is 5.50. The van der Waals surface area contributed by atoms with E-state index >= 15 is 0 Å². The second-order valence-corrected chi connectivity index (χ2v) is 3.63. The van der Waals surface area contributed by atoms with Crippen LogP contribution in [-0.4, -0.2) is 25.2 Å². The normalized spacial score (nSPS) is 10.4. The van der Waals surface area contributed by atoms with Gasteiger partial charge in [0.05, 0.1) is 18.4 Å². The van der Waals surface area contributed by atoms with Gasteiger partial charge in [-0.05, 0) is 28.6 Å². The molecule has 0 aliphatic heterocycles. The minimum atomic E-state index is 0.582. The van der Waals surface area contributed by atoms with Gasteiger partial charge in [0.15, 0.2) is 6.39 Å². The van der Waals surface area contributed by atoms with E-state index in [-0.39, 0.29) is 0 Å². The van der Waals surface area contributed by atoms with Crippen LogP contribution >= 0.6 is 0 Å². The van der Waals surface area contributed by atoms with Gasteiger partial charge in [0, 0.05) is 5.69 Å². The third-order valence-electron chi connectivity index (χ3n) is 2.41. The smallest absolute Gasteiger partial charge is 0.180 e. The van der Waals surface area contributed by atoms with Gasteiger partial charge in [0.25, 0.3) is 0 Å². The minimum Gasteiger partial charge on any atom is -0.447 e.